The standard InChI is InChI=1S/C23H21N5O3S/c1-26(2)32(30,31)18-9-8-17-11-13-27(21(17)14-18)23(29)19-15-25-28-20(10-12-24-22(19)28)16-6-4-3-5-7-16/h3-10,12,14-15H,11,13H2,1-2H3. The summed E-state index contributed by atoms with van der Waals surface area (Å²) in [6, 6.07) is 16.6. The van der Waals surface area contributed by atoms with E-state index in [1.807, 2.05) is 36.4 Å². The molecule has 0 radical (unpaired) electrons. The van der Waals surface area contributed by atoms with Gasteiger partial charge in [0.15, 0.2) is 5.65 Å². The van der Waals surface area contributed by atoms with Gasteiger partial charge in [0.05, 0.1) is 16.8 Å². The molecule has 32 heavy (non-hydrogen) atoms. The maximum atomic E-state index is 13.5. The first-order valence-electron chi connectivity index (χ1n) is 10.1. The third-order valence-corrected chi connectivity index (χ3v) is 7.49. The normalized spacial score (nSPS) is 13.7. The lowest BCUT2D eigenvalue weighted by Crippen LogP contribution is -2.29. The van der Waals surface area contributed by atoms with E-state index in [0.29, 0.717) is 29.9 Å². The first kappa shape index (κ1) is 20.3. The zero-order chi connectivity index (χ0) is 22.5. The number of carbonyl (C=O) groups is 1. The summed E-state index contributed by atoms with van der Waals surface area (Å²) in [6.07, 6.45) is 3.84. The molecule has 0 spiro atoms. The molecule has 2 aromatic carbocycles. The minimum absolute atomic E-state index is 0.158. The van der Waals surface area contributed by atoms with Gasteiger partial charge in [-0.15, -0.1) is 0 Å². The molecule has 8 nitrogen and oxygen atoms in total. The van der Waals surface area contributed by atoms with Crippen molar-refractivity contribution in [2.24, 2.45) is 0 Å². The van der Waals surface area contributed by atoms with E-state index in [0.717, 1.165) is 21.1 Å². The van der Waals surface area contributed by atoms with Crippen LogP contribution in [-0.4, -0.2) is 53.9 Å². The number of sulfonamides is 1. The Hall–Kier alpha value is -3.56. The van der Waals surface area contributed by atoms with Gasteiger partial charge in [-0.05, 0) is 30.2 Å². The van der Waals surface area contributed by atoms with Gasteiger partial charge in [-0.2, -0.15) is 5.10 Å². The lowest BCUT2D eigenvalue weighted by atomic mass is 10.1. The third-order valence-electron chi connectivity index (χ3n) is 5.68. The summed E-state index contributed by atoms with van der Waals surface area (Å²) >= 11 is 0. The van der Waals surface area contributed by atoms with Gasteiger partial charge >= 0.3 is 0 Å². The number of nitrogens with zero attached hydrogens (tertiary/aromatic N) is 5. The van der Waals surface area contributed by atoms with Crippen LogP contribution in [0.15, 0.2) is 71.9 Å². The van der Waals surface area contributed by atoms with E-state index >= 15 is 0 Å². The fourth-order valence-corrected chi connectivity index (χ4v) is 4.88. The minimum atomic E-state index is -3.61. The largest absolute Gasteiger partial charge is 0.308 e. The van der Waals surface area contributed by atoms with Crippen molar-refractivity contribution >= 4 is 27.3 Å². The molecular formula is C23H21N5O3S. The van der Waals surface area contributed by atoms with Gasteiger partial charge in [-0.1, -0.05) is 36.4 Å². The SMILES string of the molecule is CN(C)S(=O)(=O)c1ccc2c(c1)N(C(=O)c1cnn3c(-c4ccccc4)ccnc13)CC2. The predicted molar refractivity (Wildman–Crippen MR) is 121 cm³/mol. The number of benzene rings is 2. The van der Waals surface area contributed by atoms with Crippen LogP contribution in [0.1, 0.15) is 15.9 Å². The Kier molecular flexibility index (Phi) is 4.79. The summed E-state index contributed by atoms with van der Waals surface area (Å²) in [7, 11) is -0.633. The molecule has 0 fully saturated rings. The van der Waals surface area contributed by atoms with E-state index in [1.54, 1.807) is 33.8 Å². The number of fused-ring (bicyclic) bond motifs is 2. The van der Waals surface area contributed by atoms with Crippen LogP contribution < -0.4 is 4.90 Å². The molecule has 0 unspecified atom stereocenters. The lowest BCUT2D eigenvalue weighted by molar-refractivity contribution is 0.0990. The average Bonchev–Trinajstić information content (AvgIpc) is 3.43. The van der Waals surface area contributed by atoms with Gasteiger partial charge in [0.1, 0.15) is 5.56 Å². The molecule has 1 aliphatic rings. The highest BCUT2D eigenvalue weighted by Crippen LogP contribution is 2.33. The maximum absolute atomic E-state index is 13.5. The molecule has 162 valence electrons. The van der Waals surface area contributed by atoms with Crippen molar-refractivity contribution in [3.05, 3.63) is 78.1 Å². The van der Waals surface area contributed by atoms with Crippen molar-refractivity contribution in [3.8, 4) is 11.3 Å². The molecular weight excluding hydrogens is 426 g/mol. The third kappa shape index (κ3) is 3.17. The highest BCUT2D eigenvalue weighted by Gasteiger charge is 2.30. The number of aromatic nitrogens is 3. The predicted octanol–water partition coefficient (Wildman–Crippen LogP) is 2.85. The Morgan fingerprint density at radius 1 is 1.06 bits per heavy atom. The zero-order valence-corrected chi connectivity index (χ0v) is 18.5. The molecule has 3 heterocycles. The summed E-state index contributed by atoms with van der Waals surface area (Å²) in [5.74, 6) is -0.254. The monoisotopic (exact) mass is 447 g/mol. The second kappa shape index (κ2) is 7.54. The zero-order valence-electron chi connectivity index (χ0n) is 17.6. The number of hydrogen-bond acceptors (Lipinski definition) is 5. The molecule has 0 atom stereocenters. The topological polar surface area (TPSA) is 87.9 Å². The van der Waals surface area contributed by atoms with Crippen LogP contribution in [0.2, 0.25) is 0 Å². The Labute approximate surface area is 185 Å². The van der Waals surface area contributed by atoms with Gasteiger partial charge in [0.2, 0.25) is 10.0 Å². The Bertz CT molecular complexity index is 1450. The van der Waals surface area contributed by atoms with Crippen molar-refractivity contribution in [2.45, 2.75) is 11.3 Å². The Morgan fingerprint density at radius 2 is 1.84 bits per heavy atom. The molecule has 0 aliphatic carbocycles. The molecule has 0 bridgehead atoms. The molecule has 5 rings (SSSR count). The van der Waals surface area contributed by atoms with Crippen molar-refractivity contribution in [2.75, 3.05) is 25.5 Å². The molecule has 0 saturated carbocycles. The molecule has 0 N–H and O–H groups in total. The molecule has 1 aliphatic heterocycles. The van der Waals surface area contributed by atoms with Crippen molar-refractivity contribution in [1.29, 1.82) is 0 Å². The number of hydrogen-bond donors (Lipinski definition) is 0. The number of anilines is 1. The summed E-state index contributed by atoms with van der Waals surface area (Å²) < 4.78 is 28.0. The van der Waals surface area contributed by atoms with E-state index in [4.69, 9.17) is 0 Å². The summed E-state index contributed by atoms with van der Waals surface area (Å²) in [6.45, 7) is 0.468. The number of amides is 1. The fourth-order valence-electron chi connectivity index (χ4n) is 3.96. The van der Waals surface area contributed by atoms with Gasteiger partial charge in [-0.3, -0.25) is 4.79 Å². The number of carbonyl (C=O) groups excluding carboxylic acids is 1. The summed E-state index contributed by atoms with van der Waals surface area (Å²) in [4.78, 5) is 19.7. The van der Waals surface area contributed by atoms with Crippen LogP contribution in [-0.2, 0) is 16.4 Å². The van der Waals surface area contributed by atoms with Gasteiger partial charge in [0.25, 0.3) is 5.91 Å². The quantitative estimate of drug-likeness (QED) is 0.480. The second-order valence-electron chi connectivity index (χ2n) is 7.77. The Balaban J connectivity index is 1.56. The van der Waals surface area contributed by atoms with E-state index < -0.39 is 10.0 Å². The van der Waals surface area contributed by atoms with Crippen LogP contribution in [0, 0.1) is 0 Å². The van der Waals surface area contributed by atoms with Gasteiger partial charge in [-0.25, -0.2) is 22.2 Å². The van der Waals surface area contributed by atoms with Crippen LogP contribution in [0.3, 0.4) is 0 Å². The number of rotatable bonds is 4. The minimum Gasteiger partial charge on any atom is -0.308 e. The van der Waals surface area contributed by atoms with Gasteiger partial charge < -0.3 is 4.90 Å². The molecule has 1 amide bonds. The van der Waals surface area contributed by atoms with Gasteiger partial charge in [0, 0.05) is 38.1 Å². The smallest absolute Gasteiger partial charge is 0.263 e. The van der Waals surface area contributed by atoms with Crippen molar-refractivity contribution in [3.63, 3.8) is 0 Å². The van der Waals surface area contributed by atoms with E-state index in [2.05, 4.69) is 10.1 Å². The van der Waals surface area contributed by atoms with E-state index in [-0.39, 0.29) is 10.8 Å². The van der Waals surface area contributed by atoms with Crippen LogP contribution in [0.4, 0.5) is 5.69 Å². The van der Waals surface area contributed by atoms with E-state index in [9.17, 15) is 13.2 Å². The summed E-state index contributed by atoms with van der Waals surface area (Å²) in [5.41, 5.74) is 4.17. The average molecular weight is 448 g/mol. The van der Waals surface area contributed by atoms with Crippen LogP contribution >= 0.6 is 0 Å². The Morgan fingerprint density at radius 3 is 2.59 bits per heavy atom. The first-order valence-corrected chi connectivity index (χ1v) is 11.6. The molecule has 2 aromatic heterocycles. The lowest BCUT2D eigenvalue weighted by Gasteiger charge is -2.18. The summed E-state index contributed by atoms with van der Waals surface area (Å²) in [5, 5.41) is 4.43. The molecule has 9 heteroatoms. The highest BCUT2D eigenvalue weighted by atomic mass is 32.2. The van der Waals surface area contributed by atoms with Crippen LogP contribution in [0.25, 0.3) is 16.9 Å². The first-order chi connectivity index (χ1) is 15.4. The van der Waals surface area contributed by atoms with E-state index in [1.165, 1.54) is 20.3 Å². The molecule has 0 saturated heterocycles. The fraction of sp³-hybridized carbons (Fsp3) is 0.174. The van der Waals surface area contributed by atoms with Crippen LogP contribution in [0.5, 0.6) is 0 Å². The molecule has 4 aromatic rings. The van der Waals surface area contributed by atoms with Crippen molar-refractivity contribution < 1.29 is 13.2 Å². The second-order valence-corrected chi connectivity index (χ2v) is 9.93. The van der Waals surface area contributed by atoms with Crippen molar-refractivity contribution in [1.82, 2.24) is 18.9 Å². The maximum Gasteiger partial charge on any atom is 0.263 e. The highest BCUT2D eigenvalue weighted by molar-refractivity contribution is 7.89.